The first-order valence-electron chi connectivity index (χ1n) is 8.48. The molecule has 3 rings (SSSR count). The maximum Gasteiger partial charge on any atom is 0.251 e. The molecule has 1 aliphatic heterocycles. The van der Waals surface area contributed by atoms with E-state index in [0.29, 0.717) is 5.02 Å². The Morgan fingerprint density at radius 3 is 2.46 bits per heavy atom. The summed E-state index contributed by atoms with van der Waals surface area (Å²) in [5.41, 5.74) is 3.27. The number of piperazine rings is 1. The molecule has 1 aliphatic rings. The number of nitrogens with one attached hydrogen (secondary N) is 1. The molecular weight excluding hydrogens is 322 g/mol. The lowest BCUT2D eigenvalue weighted by Gasteiger charge is -2.28. The van der Waals surface area contributed by atoms with Crippen LogP contribution in [0.1, 0.15) is 25.5 Å². The van der Waals surface area contributed by atoms with Gasteiger partial charge in [-0.2, -0.15) is 0 Å². The van der Waals surface area contributed by atoms with Crippen LogP contribution in [0.25, 0.3) is 11.1 Å². The zero-order valence-corrected chi connectivity index (χ0v) is 15.0. The van der Waals surface area contributed by atoms with Gasteiger partial charge < -0.3 is 9.88 Å². The van der Waals surface area contributed by atoms with Crippen LogP contribution in [0.5, 0.6) is 0 Å². The molecule has 5 heteroatoms. The Balaban J connectivity index is 2.03. The second-order valence-electron chi connectivity index (χ2n) is 6.58. The Kier molecular flexibility index (Phi) is 5.39. The van der Waals surface area contributed by atoms with Gasteiger partial charge in [0.15, 0.2) is 0 Å². The summed E-state index contributed by atoms with van der Waals surface area (Å²) < 4.78 is 1.82. The van der Waals surface area contributed by atoms with E-state index in [1.54, 1.807) is 6.07 Å². The Labute approximate surface area is 148 Å². The smallest absolute Gasteiger partial charge is 0.251 e. The van der Waals surface area contributed by atoms with Gasteiger partial charge in [-0.25, -0.2) is 0 Å². The lowest BCUT2D eigenvalue weighted by molar-refractivity contribution is 0.233. The number of halogens is 1. The lowest BCUT2D eigenvalue weighted by Crippen LogP contribution is -2.43. The van der Waals surface area contributed by atoms with Crippen LogP contribution < -0.4 is 10.9 Å². The maximum atomic E-state index is 12.5. The fraction of sp³-hybridized carbons (Fsp3) is 0.421. The Bertz CT molecular complexity index is 746. The first-order chi connectivity index (χ1) is 11.5. The quantitative estimate of drug-likeness (QED) is 0.925. The highest BCUT2D eigenvalue weighted by molar-refractivity contribution is 6.30. The van der Waals surface area contributed by atoms with Gasteiger partial charge in [-0.15, -0.1) is 0 Å². The molecule has 0 radical (unpaired) electrons. The summed E-state index contributed by atoms with van der Waals surface area (Å²) in [6.45, 7) is 9.02. The maximum absolute atomic E-state index is 12.5. The van der Waals surface area contributed by atoms with Crippen molar-refractivity contribution in [1.82, 2.24) is 14.8 Å². The monoisotopic (exact) mass is 345 g/mol. The van der Waals surface area contributed by atoms with E-state index >= 15 is 0 Å². The molecule has 1 aromatic heterocycles. The summed E-state index contributed by atoms with van der Waals surface area (Å²) in [7, 11) is 0. The highest BCUT2D eigenvalue weighted by atomic mass is 35.5. The summed E-state index contributed by atoms with van der Waals surface area (Å²) >= 11 is 6.01. The van der Waals surface area contributed by atoms with Crippen molar-refractivity contribution in [3.63, 3.8) is 0 Å². The molecule has 2 heterocycles. The zero-order valence-electron chi connectivity index (χ0n) is 14.3. The lowest BCUT2D eigenvalue weighted by atomic mass is 10.0. The van der Waals surface area contributed by atoms with Gasteiger partial charge in [0.2, 0.25) is 0 Å². The molecule has 2 aromatic rings. The summed E-state index contributed by atoms with van der Waals surface area (Å²) in [4.78, 5) is 14.9. The predicted molar refractivity (Wildman–Crippen MR) is 99.7 cm³/mol. The molecule has 24 heavy (non-hydrogen) atoms. The van der Waals surface area contributed by atoms with E-state index in [9.17, 15) is 4.79 Å². The number of hydrogen-bond acceptors (Lipinski definition) is 3. The SMILES string of the molecule is CC(C)n1cc(CN2CCNCC2)c(-c2ccc(Cl)cc2)cc1=O. The molecule has 0 atom stereocenters. The van der Waals surface area contributed by atoms with Crippen LogP contribution in [-0.2, 0) is 6.54 Å². The van der Waals surface area contributed by atoms with Crippen molar-refractivity contribution in [2.24, 2.45) is 0 Å². The van der Waals surface area contributed by atoms with E-state index in [1.807, 2.05) is 48.9 Å². The van der Waals surface area contributed by atoms with Crippen molar-refractivity contribution < 1.29 is 0 Å². The van der Waals surface area contributed by atoms with Crippen molar-refractivity contribution in [3.05, 3.63) is 57.5 Å². The van der Waals surface area contributed by atoms with Crippen LogP contribution in [0.15, 0.2) is 41.3 Å². The van der Waals surface area contributed by atoms with E-state index in [4.69, 9.17) is 11.6 Å². The Morgan fingerprint density at radius 1 is 1.17 bits per heavy atom. The van der Waals surface area contributed by atoms with Gasteiger partial charge in [-0.05, 0) is 42.7 Å². The molecule has 0 unspecified atom stereocenters. The van der Waals surface area contributed by atoms with Gasteiger partial charge in [-0.1, -0.05) is 23.7 Å². The van der Waals surface area contributed by atoms with Crippen LogP contribution in [0.3, 0.4) is 0 Å². The Hall–Kier alpha value is -1.62. The van der Waals surface area contributed by atoms with E-state index in [0.717, 1.165) is 43.9 Å². The van der Waals surface area contributed by atoms with E-state index in [-0.39, 0.29) is 11.6 Å². The molecular formula is C19H24ClN3O. The zero-order chi connectivity index (χ0) is 17.1. The summed E-state index contributed by atoms with van der Waals surface area (Å²) in [6, 6.07) is 9.63. The van der Waals surface area contributed by atoms with Gasteiger partial charge in [0.05, 0.1) is 0 Å². The topological polar surface area (TPSA) is 37.3 Å². The molecule has 4 nitrogen and oxygen atoms in total. The molecule has 1 saturated heterocycles. The third-order valence-corrected chi connectivity index (χ3v) is 4.73. The minimum absolute atomic E-state index is 0.0408. The van der Waals surface area contributed by atoms with E-state index < -0.39 is 0 Å². The number of rotatable bonds is 4. The van der Waals surface area contributed by atoms with Gasteiger partial charge >= 0.3 is 0 Å². The highest BCUT2D eigenvalue weighted by Gasteiger charge is 2.16. The normalized spacial score (nSPS) is 15.8. The minimum atomic E-state index is 0.0408. The third kappa shape index (κ3) is 3.89. The number of benzene rings is 1. The molecule has 1 fully saturated rings. The molecule has 128 valence electrons. The first-order valence-corrected chi connectivity index (χ1v) is 8.86. The minimum Gasteiger partial charge on any atom is -0.314 e. The number of aromatic nitrogens is 1. The second-order valence-corrected chi connectivity index (χ2v) is 7.02. The first kappa shape index (κ1) is 17.2. The van der Waals surface area contributed by atoms with Crippen LogP contribution in [0.4, 0.5) is 0 Å². The molecule has 1 N–H and O–H groups in total. The highest BCUT2D eigenvalue weighted by Crippen LogP contribution is 2.25. The Morgan fingerprint density at radius 2 is 1.83 bits per heavy atom. The predicted octanol–water partition coefficient (Wildman–Crippen LogP) is 3.15. The van der Waals surface area contributed by atoms with Gasteiger partial charge in [-0.3, -0.25) is 9.69 Å². The van der Waals surface area contributed by atoms with Crippen LogP contribution in [0, 0.1) is 0 Å². The number of nitrogens with zero attached hydrogens (tertiary/aromatic N) is 2. The van der Waals surface area contributed by atoms with Crippen LogP contribution >= 0.6 is 11.6 Å². The van der Waals surface area contributed by atoms with Crippen LogP contribution in [0.2, 0.25) is 5.02 Å². The fourth-order valence-corrected chi connectivity index (χ4v) is 3.26. The van der Waals surface area contributed by atoms with Crippen molar-refractivity contribution in [1.29, 1.82) is 0 Å². The third-order valence-electron chi connectivity index (χ3n) is 4.48. The van der Waals surface area contributed by atoms with E-state index in [1.165, 1.54) is 5.56 Å². The second kappa shape index (κ2) is 7.51. The van der Waals surface area contributed by atoms with Gasteiger partial charge in [0.1, 0.15) is 0 Å². The van der Waals surface area contributed by atoms with Crippen molar-refractivity contribution >= 4 is 11.6 Å². The number of pyridine rings is 1. The molecule has 0 amide bonds. The summed E-state index contributed by atoms with van der Waals surface area (Å²) in [5.74, 6) is 0. The average molecular weight is 346 g/mol. The molecule has 0 bridgehead atoms. The largest absolute Gasteiger partial charge is 0.314 e. The fourth-order valence-electron chi connectivity index (χ4n) is 3.13. The molecule has 0 spiro atoms. The van der Waals surface area contributed by atoms with Crippen molar-refractivity contribution in [3.8, 4) is 11.1 Å². The van der Waals surface area contributed by atoms with Crippen molar-refractivity contribution in [2.75, 3.05) is 26.2 Å². The standard InChI is InChI=1S/C19H24ClN3O/c1-14(2)23-13-16(12-22-9-7-21-8-10-22)18(11-19(23)24)15-3-5-17(20)6-4-15/h3-6,11,13-14,21H,7-10,12H2,1-2H3. The molecule has 0 aliphatic carbocycles. The summed E-state index contributed by atoms with van der Waals surface area (Å²) in [5, 5.41) is 4.09. The number of hydrogen-bond donors (Lipinski definition) is 1. The van der Waals surface area contributed by atoms with E-state index in [2.05, 4.69) is 10.2 Å². The average Bonchev–Trinajstić information content (AvgIpc) is 2.57. The van der Waals surface area contributed by atoms with Crippen molar-refractivity contribution in [2.45, 2.75) is 26.4 Å². The molecule has 0 saturated carbocycles. The molecule has 1 aromatic carbocycles. The van der Waals surface area contributed by atoms with Gasteiger partial charge in [0.25, 0.3) is 5.56 Å². The van der Waals surface area contributed by atoms with Gasteiger partial charge in [0, 0.05) is 56.1 Å². The summed E-state index contributed by atoms with van der Waals surface area (Å²) in [6.07, 6.45) is 2.03. The van der Waals surface area contributed by atoms with Crippen LogP contribution in [-0.4, -0.2) is 35.6 Å².